The van der Waals surface area contributed by atoms with Gasteiger partial charge in [-0.3, -0.25) is 9.59 Å². The van der Waals surface area contributed by atoms with E-state index < -0.39 is 23.8 Å². The van der Waals surface area contributed by atoms with Crippen LogP contribution in [-0.2, 0) is 12.0 Å². The fraction of sp³-hybridized carbons (Fsp3) is 0.333. The summed E-state index contributed by atoms with van der Waals surface area (Å²) in [7, 11) is 0. The number of rotatable bonds is 1. The van der Waals surface area contributed by atoms with Gasteiger partial charge in [0.05, 0.1) is 18.4 Å². The minimum absolute atomic E-state index is 0.320. The Bertz CT molecular complexity index is 861. The largest absolute Gasteiger partial charge is 0.463 e. The predicted molar refractivity (Wildman–Crippen MR) is 81.5 cm³/mol. The topological polar surface area (TPSA) is 87.7 Å². The van der Waals surface area contributed by atoms with Crippen LogP contribution in [0.1, 0.15) is 50.2 Å². The number of hydrogen-bond donors (Lipinski definition) is 2. The Morgan fingerprint density at radius 1 is 1.22 bits per heavy atom. The molecule has 4 rings (SSSR count). The third kappa shape index (κ3) is 1.75. The van der Waals surface area contributed by atoms with Crippen LogP contribution < -0.4 is 0 Å². The fourth-order valence-electron chi connectivity index (χ4n) is 3.80. The van der Waals surface area contributed by atoms with Crippen molar-refractivity contribution < 1.29 is 24.2 Å². The molecule has 23 heavy (non-hydrogen) atoms. The second-order valence-corrected chi connectivity index (χ2v) is 6.34. The smallest absolute Gasteiger partial charge is 0.237 e. The Morgan fingerprint density at radius 2 is 1.96 bits per heavy atom. The average molecular weight is 312 g/mol. The van der Waals surface area contributed by atoms with E-state index >= 15 is 0 Å². The third-order valence-electron chi connectivity index (χ3n) is 4.97. The molecule has 1 atom stereocenters. The number of aliphatic hydroxyl groups excluding tert-OH is 1. The molecule has 2 aliphatic carbocycles. The highest BCUT2D eigenvalue weighted by Crippen LogP contribution is 2.44. The number of aryl methyl sites for hydroxylation is 1. The van der Waals surface area contributed by atoms with E-state index in [4.69, 9.17) is 4.42 Å². The molecule has 2 aromatic rings. The summed E-state index contributed by atoms with van der Waals surface area (Å²) in [5.74, 6) is -0.704. The van der Waals surface area contributed by atoms with Crippen LogP contribution in [0.3, 0.4) is 0 Å². The molecular weight excluding hydrogens is 296 g/mol. The Hall–Kier alpha value is -2.24. The zero-order valence-corrected chi connectivity index (χ0v) is 12.7. The van der Waals surface area contributed by atoms with Crippen molar-refractivity contribution in [2.75, 3.05) is 6.61 Å². The van der Waals surface area contributed by atoms with Crippen LogP contribution in [0.25, 0.3) is 11.3 Å². The summed E-state index contributed by atoms with van der Waals surface area (Å²) < 4.78 is 5.52. The first-order valence-electron chi connectivity index (χ1n) is 7.65. The van der Waals surface area contributed by atoms with E-state index in [2.05, 4.69) is 0 Å². The molecule has 0 saturated carbocycles. The summed E-state index contributed by atoms with van der Waals surface area (Å²) in [4.78, 5) is 25.1. The first kappa shape index (κ1) is 14.4. The van der Waals surface area contributed by atoms with Gasteiger partial charge in [0, 0.05) is 11.1 Å². The molecule has 1 aromatic heterocycles. The van der Waals surface area contributed by atoms with Crippen LogP contribution in [0.2, 0.25) is 0 Å². The van der Waals surface area contributed by atoms with Crippen LogP contribution in [-0.4, -0.2) is 28.4 Å². The second-order valence-electron chi connectivity index (χ2n) is 6.34. The SMILES string of the molecule is Cc1coc2c1C(=O)C(=O)c1c-2ccc2c1CCC[C@]2(O)CO. The lowest BCUT2D eigenvalue weighted by Crippen LogP contribution is -2.36. The molecule has 0 radical (unpaired) electrons. The van der Waals surface area contributed by atoms with Crippen LogP contribution in [0.4, 0.5) is 0 Å². The lowest BCUT2D eigenvalue weighted by atomic mass is 9.73. The highest BCUT2D eigenvalue weighted by molar-refractivity contribution is 6.53. The van der Waals surface area contributed by atoms with Crippen molar-refractivity contribution in [3.63, 3.8) is 0 Å². The van der Waals surface area contributed by atoms with E-state index in [-0.39, 0.29) is 0 Å². The van der Waals surface area contributed by atoms with E-state index in [0.29, 0.717) is 58.4 Å². The molecule has 118 valence electrons. The molecule has 0 fully saturated rings. The van der Waals surface area contributed by atoms with Gasteiger partial charge in [-0.05, 0) is 42.9 Å². The van der Waals surface area contributed by atoms with Crippen molar-refractivity contribution in [1.82, 2.24) is 0 Å². The normalized spacial score (nSPS) is 22.6. The number of furan rings is 1. The summed E-state index contributed by atoms with van der Waals surface area (Å²) in [5.41, 5.74) is 1.73. The van der Waals surface area contributed by atoms with Gasteiger partial charge < -0.3 is 14.6 Å². The summed E-state index contributed by atoms with van der Waals surface area (Å²) in [5, 5.41) is 20.2. The third-order valence-corrected chi connectivity index (χ3v) is 4.97. The Morgan fingerprint density at radius 3 is 2.70 bits per heavy atom. The van der Waals surface area contributed by atoms with Crippen LogP contribution in [0.5, 0.6) is 0 Å². The minimum Gasteiger partial charge on any atom is -0.463 e. The maximum Gasteiger partial charge on any atom is 0.237 e. The van der Waals surface area contributed by atoms with Crippen LogP contribution in [0.15, 0.2) is 22.8 Å². The monoisotopic (exact) mass is 312 g/mol. The van der Waals surface area contributed by atoms with Crippen molar-refractivity contribution in [2.45, 2.75) is 31.8 Å². The number of fused-ring (bicyclic) bond motifs is 5. The molecule has 1 aromatic carbocycles. The molecule has 0 amide bonds. The first-order valence-corrected chi connectivity index (χ1v) is 7.65. The van der Waals surface area contributed by atoms with Gasteiger partial charge in [-0.2, -0.15) is 0 Å². The van der Waals surface area contributed by atoms with Gasteiger partial charge in [-0.25, -0.2) is 0 Å². The van der Waals surface area contributed by atoms with Crippen molar-refractivity contribution >= 4 is 11.6 Å². The Labute approximate surface area is 132 Å². The number of aliphatic hydroxyl groups is 2. The highest BCUT2D eigenvalue weighted by Gasteiger charge is 2.41. The molecule has 0 bridgehead atoms. The van der Waals surface area contributed by atoms with E-state index in [0.717, 1.165) is 0 Å². The van der Waals surface area contributed by atoms with Gasteiger partial charge >= 0.3 is 0 Å². The average Bonchev–Trinajstić information content (AvgIpc) is 2.94. The number of hydrogen-bond acceptors (Lipinski definition) is 5. The highest BCUT2D eigenvalue weighted by atomic mass is 16.3. The summed E-state index contributed by atoms with van der Waals surface area (Å²) in [6.07, 6.45) is 3.15. The lowest BCUT2D eigenvalue weighted by molar-refractivity contribution is -0.0327. The first-order chi connectivity index (χ1) is 11.0. The lowest BCUT2D eigenvalue weighted by Gasteiger charge is -2.34. The summed E-state index contributed by atoms with van der Waals surface area (Å²) in [6, 6.07) is 3.43. The van der Waals surface area contributed by atoms with E-state index in [1.807, 2.05) is 0 Å². The van der Waals surface area contributed by atoms with Crippen molar-refractivity contribution in [3.05, 3.63) is 46.2 Å². The van der Waals surface area contributed by atoms with E-state index in [1.54, 1.807) is 19.1 Å². The molecule has 0 saturated heterocycles. The molecule has 0 unspecified atom stereocenters. The summed E-state index contributed by atoms with van der Waals surface area (Å²) in [6.45, 7) is 1.33. The van der Waals surface area contributed by atoms with Crippen LogP contribution >= 0.6 is 0 Å². The standard InChI is InChI=1S/C18H16O5/c1-9-7-23-17-11-4-5-12-10(3-2-6-18(12,22)8-19)14(11)16(21)15(20)13(9)17/h4-5,7,19,22H,2-3,6,8H2,1H3/t18-/m0/s1. The quantitative estimate of drug-likeness (QED) is 0.788. The zero-order chi connectivity index (χ0) is 16.4. The van der Waals surface area contributed by atoms with Crippen molar-refractivity contribution in [2.24, 2.45) is 0 Å². The molecular formula is C18H16O5. The molecule has 0 spiro atoms. The molecule has 1 heterocycles. The maximum atomic E-state index is 12.7. The molecule has 5 heteroatoms. The second kappa shape index (κ2) is 4.63. The molecule has 2 N–H and O–H groups in total. The Balaban J connectivity index is 2.05. The van der Waals surface area contributed by atoms with Crippen molar-refractivity contribution in [3.8, 4) is 11.3 Å². The van der Waals surface area contributed by atoms with Crippen LogP contribution in [0, 0.1) is 6.92 Å². The van der Waals surface area contributed by atoms with E-state index in [1.165, 1.54) is 6.26 Å². The molecule has 2 aliphatic rings. The number of benzene rings is 1. The van der Waals surface area contributed by atoms with Crippen molar-refractivity contribution in [1.29, 1.82) is 0 Å². The number of ketones is 2. The number of carbonyl (C=O) groups is 2. The minimum atomic E-state index is -1.36. The van der Waals surface area contributed by atoms with Gasteiger partial charge in [0.2, 0.25) is 11.6 Å². The van der Waals surface area contributed by atoms with Gasteiger partial charge in [0.15, 0.2) is 0 Å². The van der Waals surface area contributed by atoms with E-state index in [9.17, 15) is 19.8 Å². The Kier molecular flexibility index (Phi) is 2.89. The molecule has 5 nitrogen and oxygen atoms in total. The zero-order valence-electron chi connectivity index (χ0n) is 12.7. The van der Waals surface area contributed by atoms with Gasteiger partial charge in [0.25, 0.3) is 0 Å². The summed E-state index contributed by atoms with van der Waals surface area (Å²) >= 11 is 0. The number of carbonyl (C=O) groups excluding carboxylic acids is 2. The van der Waals surface area contributed by atoms with Gasteiger partial charge in [-0.1, -0.05) is 12.1 Å². The predicted octanol–water partition coefficient (Wildman–Crippen LogP) is 2.15. The fourth-order valence-corrected chi connectivity index (χ4v) is 3.80. The van der Waals surface area contributed by atoms with Gasteiger partial charge in [0.1, 0.15) is 11.4 Å². The number of Topliss-reactive ketones (excluding diaryl/α,β-unsaturated/α-hetero) is 2. The molecule has 0 aliphatic heterocycles. The maximum absolute atomic E-state index is 12.7. The van der Waals surface area contributed by atoms with Gasteiger partial charge in [-0.15, -0.1) is 0 Å².